The van der Waals surface area contributed by atoms with Crippen LogP contribution >= 0.6 is 11.8 Å². The van der Waals surface area contributed by atoms with Gasteiger partial charge in [-0.1, -0.05) is 0 Å². The van der Waals surface area contributed by atoms with Crippen LogP contribution < -0.4 is 0 Å². The van der Waals surface area contributed by atoms with Crippen LogP contribution in [0.1, 0.15) is 23.3 Å². The number of aryl methyl sites for hydroxylation is 1. The molecular formula is C14H22N4OS. The summed E-state index contributed by atoms with van der Waals surface area (Å²) < 4.78 is 1.80. The van der Waals surface area contributed by atoms with Gasteiger partial charge in [0.25, 0.3) is 5.91 Å². The maximum Gasteiger partial charge on any atom is 0.272 e. The molecule has 20 heavy (non-hydrogen) atoms. The van der Waals surface area contributed by atoms with Crippen molar-refractivity contribution in [2.24, 2.45) is 7.05 Å². The molecule has 0 bridgehead atoms. The van der Waals surface area contributed by atoms with Crippen LogP contribution in [0, 0.1) is 0 Å². The van der Waals surface area contributed by atoms with Crippen molar-refractivity contribution >= 4 is 17.7 Å². The SMILES string of the molecule is Cn1cncc1C(=O)N1CCCN(C2CCSC2)CC1. The van der Waals surface area contributed by atoms with Crippen molar-refractivity contribution < 1.29 is 4.79 Å². The third-order valence-corrected chi connectivity index (χ3v) is 5.42. The number of carbonyl (C=O) groups excluding carboxylic acids is 1. The minimum Gasteiger partial charge on any atom is -0.336 e. The lowest BCUT2D eigenvalue weighted by molar-refractivity contribution is 0.0749. The summed E-state index contributed by atoms with van der Waals surface area (Å²) in [5.41, 5.74) is 0.690. The summed E-state index contributed by atoms with van der Waals surface area (Å²) >= 11 is 2.06. The van der Waals surface area contributed by atoms with Gasteiger partial charge in [-0.05, 0) is 18.6 Å². The van der Waals surface area contributed by atoms with Crippen LogP contribution in [0.5, 0.6) is 0 Å². The van der Waals surface area contributed by atoms with Crippen LogP contribution in [-0.4, -0.2) is 69.0 Å². The molecule has 0 aliphatic carbocycles. The van der Waals surface area contributed by atoms with Gasteiger partial charge in [-0.15, -0.1) is 0 Å². The molecule has 2 fully saturated rings. The summed E-state index contributed by atoms with van der Waals surface area (Å²) in [4.78, 5) is 21.1. The van der Waals surface area contributed by atoms with Crippen LogP contribution in [0.4, 0.5) is 0 Å². The second kappa shape index (κ2) is 6.18. The van der Waals surface area contributed by atoms with Crippen LogP contribution in [-0.2, 0) is 7.05 Å². The molecule has 0 N–H and O–H groups in total. The number of thioether (sulfide) groups is 1. The van der Waals surface area contributed by atoms with Gasteiger partial charge in [0.1, 0.15) is 5.69 Å². The van der Waals surface area contributed by atoms with E-state index in [1.54, 1.807) is 17.1 Å². The molecule has 6 heteroatoms. The predicted octanol–water partition coefficient (Wildman–Crippen LogP) is 1.07. The van der Waals surface area contributed by atoms with E-state index in [1.807, 2.05) is 11.9 Å². The first-order chi connectivity index (χ1) is 9.75. The van der Waals surface area contributed by atoms with Crippen molar-refractivity contribution in [2.45, 2.75) is 18.9 Å². The molecule has 1 unspecified atom stereocenters. The van der Waals surface area contributed by atoms with Gasteiger partial charge in [-0.25, -0.2) is 4.98 Å². The summed E-state index contributed by atoms with van der Waals surface area (Å²) in [7, 11) is 1.88. The number of hydrogen-bond acceptors (Lipinski definition) is 4. The molecule has 3 rings (SSSR count). The number of amides is 1. The van der Waals surface area contributed by atoms with E-state index in [4.69, 9.17) is 0 Å². The molecular weight excluding hydrogens is 272 g/mol. The number of aromatic nitrogens is 2. The number of nitrogens with zero attached hydrogens (tertiary/aromatic N) is 4. The summed E-state index contributed by atoms with van der Waals surface area (Å²) in [5.74, 6) is 2.67. The first-order valence-electron chi connectivity index (χ1n) is 7.33. The van der Waals surface area contributed by atoms with E-state index in [2.05, 4.69) is 21.6 Å². The second-order valence-electron chi connectivity index (χ2n) is 5.59. The third kappa shape index (κ3) is 2.86. The van der Waals surface area contributed by atoms with Crippen LogP contribution in [0.3, 0.4) is 0 Å². The van der Waals surface area contributed by atoms with Crippen molar-refractivity contribution in [1.82, 2.24) is 19.4 Å². The Hall–Kier alpha value is -1.01. The number of imidazole rings is 1. The Bertz CT molecular complexity index is 469. The van der Waals surface area contributed by atoms with Gasteiger partial charge in [-0.3, -0.25) is 9.69 Å². The van der Waals surface area contributed by atoms with E-state index >= 15 is 0 Å². The minimum atomic E-state index is 0.118. The Balaban J connectivity index is 1.62. The maximum absolute atomic E-state index is 12.5. The number of rotatable bonds is 2. The fourth-order valence-corrected chi connectivity index (χ4v) is 4.30. The lowest BCUT2D eigenvalue weighted by atomic mass is 10.2. The summed E-state index contributed by atoms with van der Waals surface area (Å²) in [6.45, 7) is 3.83. The highest BCUT2D eigenvalue weighted by atomic mass is 32.2. The maximum atomic E-state index is 12.5. The van der Waals surface area contributed by atoms with Crippen LogP contribution in [0.25, 0.3) is 0 Å². The summed E-state index contributed by atoms with van der Waals surface area (Å²) in [6, 6.07) is 0.728. The lowest BCUT2D eigenvalue weighted by Gasteiger charge is -2.26. The van der Waals surface area contributed by atoms with Crippen LogP contribution in [0.15, 0.2) is 12.5 Å². The Labute approximate surface area is 124 Å². The van der Waals surface area contributed by atoms with Crippen molar-refractivity contribution in [1.29, 1.82) is 0 Å². The first-order valence-corrected chi connectivity index (χ1v) is 8.48. The van der Waals surface area contributed by atoms with E-state index in [0.717, 1.165) is 38.6 Å². The Morgan fingerprint density at radius 2 is 2.25 bits per heavy atom. The molecule has 1 atom stereocenters. The zero-order chi connectivity index (χ0) is 13.9. The molecule has 1 aromatic rings. The van der Waals surface area contributed by atoms with Gasteiger partial charge < -0.3 is 9.47 Å². The average Bonchev–Trinajstić information content (AvgIpc) is 3.05. The Morgan fingerprint density at radius 1 is 1.35 bits per heavy atom. The van der Waals surface area contributed by atoms with Gasteiger partial charge in [0.05, 0.1) is 12.5 Å². The van der Waals surface area contributed by atoms with Crippen molar-refractivity contribution in [3.8, 4) is 0 Å². The molecule has 0 saturated carbocycles. The lowest BCUT2D eigenvalue weighted by Crippen LogP contribution is -2.39. The van der Waals surface area contributed by atoms with Crippen molar-refractivity contribution in [3.63, 3.8) is 0 Å². The highest BCUT2D eigenvalue weighted by Crippen LogP contribution is 2.23. The van der Waals surface area contributed by atoms with Gasteiger partial charge in [0.2, 0.25) is 0 Å². The quantitative estimate of drug-likeness (QED) is 0.818. The molecule has 1 aromatic heterocycles. The second-order valence-corrected chi connectivity index (χ2v) is 6.74. The smallest absolute Gasteiger partial charge is 0.272 e. The summed E-state index contributed by atoms with van der Waals surface area (Å²) in [6.07, 6.45) is 5.73. The van der Waals surface area contributed by atoms with E-state index in [-0.39, 0.29) is 5.91 Å². The topological polar surface area (TPSA) is 41.4 Å². The fraction of sp³-hybridized carbons (Fsp3) is 0.714. The minimum absolute atomic E-state index is 0.118. The van der Waals surface area contributed by atoms with Crippen molar-refractivity contribution in [3.05, 3.63) is 18.2 Å². The molecule has 5 nitrogen and oxygen atoms in total. The van der Waals surface area contributed by atoms with Crippen LogP contribution in [0.2, 0.25) is 0 Å². The standard InChI is InChI=1S/C14H22N4OS/c1-16-11-15-9-13(16)14(19)18-5-2-4-17(6-7-18)12-3-8-20-10-12/h9,11-12H,2-8,10H2,1H3. The highest BCUT2D eigenvalue weighted by molar-refractivity contribution is 7.99. The molecule has 2 aliphatic rings. The molecule has 2 saturated heterocycles. The number of carbonyl (C=O) groups is 1. The first kappa shape index (κ1) is 13.9. The monoisotopic (exact) mass is 294 g/mol. The largest absolute Gasteiger partial charge is 0.336 e. The fourth-order valence-electron chi connectivity index (χ4n) is 3.04. The van der Waals surface area contributed by atoms with E-state index in [9.17, 15) is 4.79 Å². The van der Waals surface area contributed by atoms with E-state index in [0.29, 0.717) is 5.69 Å². The highest BCUT2D eigenvalue weighted by Gasteiger charge is 2.27. The Morgan fingerprint density at radius 3 is 2.95 bits per heavy atom. The molecule has 0 spiro atoms. The zero-order valence-corrected chi connectivity index (χ0v) is 12.8. The zero-order valence-electron chi connectivity index (χ0n) is 12.0. The molecule has 110 valence electrons. The molecule has 0 radical (unpaired) electrons. The normalized spacial score (nSPS) is 24.9. The van der Waals surface area contributed by atoms with E-state index < -0.39 is 0 Å². The average molecular weight is 294 g/mol. The van der Waals surface area contributed by atoms with Crippen molar-refractivity contribution in [2.75, 3.05) is 37.7 Å². The van der Waals surface area contributed by atoms with Gasteiger partial charge >= 0.3 is 0 Å². The molecule has 3 heterocycles. The summed E-state index contributed by atoms with van der Waals surface area (Å²) in [5, 5.41) is 0. The Kier molecular flexibility index (Phi) is 4.31. The molecule has 2 aliphatic heterocycles. The van der Waals surface area contributed by atoms with E-state index in [1.165, 1.54) is 17.9 Å². The predicted molar refractivity (Wildman–Crippen MR) is 81.0 cm³/mol. The number of hydrogen-bond donors (Lipinski definition) is 0. The molecule has 0 aromatic carbocycles. The van der Waals surface area contributed by atoms with Gasteiger partial charge in [-0.2, -0.15) is 11.8 Å². The molecule has 1 amide bonds. The van der Waals surface area contributed by atoms with Gasteiger partial charge in [0, 0.05) is 45.0 Å². The third-order valence-electron chi connectivity index (χ3n) is 4.28. The van der Waals surface area contributed by atoms with Gasteiger partial charge in [0.15, 0.2) is 0 Å².